The van der Waals surface area contributed by atoms with Gasteiger partial charge in [-0.15, -0.1) is 11.8 Å². The van der Waals surface area contributed by atoms with Gasteiger partial charge in [0.05, 0.1) is 10.5 Å². The lowest BCUT2D eigenvalue weighted by atomic mass is 10.2. The molecule has 0 unspecified atom stereocenters. The van der Waals surface area contributed by atoms with Crippen LogP contribution in [0.1, 0.15) is 41.6 Å². The van der Waals surface area contributed by atoms with E-state index in [0.29, 0.717) is 5.56 Å². The lowest BCUT2D eigenvalue weighted by Gasteiger charge is -2.22. The summed E-state index contributed by atoms with van der Waals surface area (Å²) in [5.41, 5.74) is 1.35. The molecule has 0 radical (unpaired) electrons. The van der Waals surface area contributed by atoms with E-state index in [0.717, 1.165) is 49.2 Å². The molecule has 28 heavy (non-hydrogen) atoms. The quantitative estimate of drug-likeness (QED) is 0.723. The molecule has 2 aromatic rings. The Morgan fingerprint density at radius 2 is 1.71 bits per heavy atom. The van der Waals surface area contributed by atoms with Gasteiger partial charge in [0.25, 0.3) is 5.91 Å². The Morgan fingerprint density at radius 3 is 2.36 bits per heavy atom. The third kappa shape index (κ3) is 5.16. The molecule has 0 atom stereocenters. The Labute approximate surface area is 171 Å². The minimum absolute atomic E-state index is 0.0774. The largest absolute Gasteiger partial charge is 0.339 e. The highest BCUT2D eigenvalue weighted by atomic mass is 32.2. The fraction of sp³-hybridized carbons (Fsp3) is 0.381. The van der Waals surface area contributed by atoms with E-state index in [1.54, 1.807) is 12.1 Å². The molecule has 1 aliphatic rings. The summed E-state index contributed by atoms with van der Waals surface area (Å²) in [5.74, 6) is -0.0774. The predicted molar refractivity (Wildman–Crippen MR) is 113 cm³/mol. The van der Waals surface area contributed by atoms with Gasteiger partial charge in [-0.2, -0.15) is 0 Å². The van der Waals surface area contributed by atoms with Crippen molar-refractivity contribution in [2.75, 3.05) is 19.3 Å². The number of hydrogen-bond donors (Lipinski definition) is 1. The molecule has 0 bridgehead atoms. The van der Waals surface area contributed by atoms with E-state index in [2.05, 4.69) is 4.72 Å². The average molecular weight is 419 g/mol. The van der Waals surface area contributed by atoms with Crippen LogP contribution in [0, 0.1) is 0 Å². The van der Waals surface area contributed by atoms with Crippen LogP contribution in [0.4, 0.5) is 0 Å². The van der Waals surface area contributed by atoms with Crippen LogP contribution in [0.25, 0.3) is 0 Å². The summed E-state index contributed by atoms with van der Waals surface area (Å²) < 4.78 is 28.2. The number of benzene rings is 2. The SMILES string of the molecule is CSc1ccc(S(=O)(=O)NCc2ccccc2)cc1C(=O)N1CCCCCC1. The first kappa shape index (κ1) is 20.9. The van der Waals surface area contributed by atoms with Gasteiger partial charge >= 0.3 is 0 Å². The fourth-order valence-electron chi connectivity index (χ4n) is 3.32. The molecule has 150 valence electrons. The van der Waals surface area contributed by atoms with Crippen molar-refractivity contribution >= 4 is 27.7 Å². The molecule has 0 aromatic heterocycles. The van der Waals surface area contributed by atoms with Crippen molar-refractivity contribution in [3.8, 4) is 0 Å². The van der Waals surface area contributed by atoms with Crippen molar-refractivity contribution < 1.29 is 13.2 Å². The smallest absolute Gasteiger partial charge is 0.255 e. The van der Waals surface area contributed by atoms with Crippen molar-refractivity contribution in [3.05, 3.63) is 59.7 Å². The zero-order valence-corrected chi connectivity index (χ0v) is 17.7. The summed E-state index contributed by atoms with van der Waals surface area (Å²) >= 11 is 1.46. The zero-order valence-electron chi connectivity index (χ0n) is 16.1. The Balaban J connectivity index is 1.83. The minimum Gasteiger partial charge on any atom is -0.339 e. The van der Waals surface area contributed by atoms with Gasteiger partial charge in [0.2, 0.25) is 10.0 Å². The van der Waals surface area contributed by atoms with Crippen LogP contribution in [0.2, 0.25) is 0 Å². The monoisotopic (exact) mass is 418 g/mol. The molecule has 2 aromatic carbocycles. The normalized spacial score (nSPS) is 15.2. The summed E-state index contributed by atoms with van der Waals surface area (Å²) in [5, 5.41) is 0. The second-order valence-electron chi connectivity index (χ2n) is 6.88. The number of hydrogen-bond acceptors (Lipinski definition) is 4. The van der Waals surface area contributed by atoms with Crippen molar-refractivity contribution in [3.63, 3.8) is 0 Å². The minimum atomic E-state index is -3.71. The third-order valence-electron chi connectivity index (χ3n) is 4.91. The number of sulfonamides is 1. The lowest BCUT2D eigenvalue weighted by Crippen LogP contribution is -2.32. The Hall–Kier alpha value is -1.83. The summed E-state index contributed by atoms with van der Waals surface area (Å²) in [4.78, 5) is 15.9. The first-order valence-corrected chi connectivity index (χ1v) is 12.2. The van der Waals surface area contributed by atoms with Crippen LogP contribution < -0.4 is 4.72 Å². The van der Waals surface area contributed by atoms with Crippen molar-refractivity contribution in [1.29, 1.82) is 0 Å². The van der Waals surface area contributed by atoms with Crippen molar-refractivity contribution in [1.82, 2.24) is 9.62 Å². The Bertz CT molecular complexity index is 907. The van der Waals surface area contributed by atoms with Crippen LogP contribution in [0.3, 0.4) is 0 Å². The predicted octanol–water partition coefficient (Wildman–Crippen LogP) is 3.90. The maximum Gasteiger partial charge on any atom is 0.255 e. The number of likely N-dealkylation sites (tertiary alicyclic amines) is 1. The summed E-state index contributed by atoms with van der Waals surface area (Å²) in [7, 11) is -3.71. The molecule has 7 heteroatoms. The van der Waals surface area contributed by atoms with Gasteiger partial charge in [0.1, 0.15) is 0 Å². The highest BCUT2D eigenvalue weighted by Crippen LogP contribution is 2.26. The Morgan fingerprint density at radius 1 is 1.04 bits per heavy atom. The number of carbonyl (C=O) groups is 1. The lowest BCUT2D eigenvalue weighted by molar-refractivity contribution is 0.0758. The number of thioether (sulfide) groups is 1. The topological polar surface area (TPSA) is 66.5 Å². The first-order valence-electron chi connectivity index (χ1n) is 9.52. The number of carbonyl (C=O) groups excluding carboxylic acids is 1. The number of rotatable bonds is 6. The van der Waals surface area contributed by atoms with Crippen molar-refractivity contribution in [2.45, 2.75) is 42.0 Å². The number of nitrogens with one attached hydrogen (secondary N) is 1. The molecule has 1 N–H and O–H groups in total. The van der Waals surface area contributed by atoms with E-state index in [4.69, 9.17) is 0 Å². The molecule has 3 rings (SSSR count). The summed E-state index contributed by atoms with van der Waals surface area (Å²) in [6.45, 7) is 1.68. The van der Waals surface area contributed by atoms with E-state index in [1.807, 2.05) is 41.5 Å². The molecule has 1 amide bonds. The maximum absolute atomic E-state index is 13.1. The van der Waals surface area contributed by atoms with Gasteiger partial charge in [-0.3, -0.25) is 4.79 Å². The molecule has 1 fully saturated rings. The van der Waals surface area contributed by atoms with Gasteiger partial charge in [-0.1, -0.05) is 43.2 Å². The summed E-state index contributed by atoms with van der Waals surface area (Å²) in [6, 6.07) is 14.2. The highest BCUT2D eigenvalue weighted by Gasteiger charge is 2.23. The van der Waals surface area contributed by atoms with Gasteiger partial charge in [-0.05, 0) is 42.9 Å². The average Bonchev–Trinajstić information content (AvgIpc) is 3.01. The molecule has 5 nitrogen and oxygen atoms in total. The van der Waals surface area contributed by atoms with E-state index in [1.165, 1.54) is 17.8 Å². The molecule has 1 heterocycles. The van der Waals surface area contributed by atoms with E-state index in [9.17, 15) is 13.2 Å². The van der Waals surface area contributed by atoms with Crippen LogP contribution in [-0.2, 0) is 16.6 Å². The van der Waals surface area contributed by atoms with Crippen molar-refractivity contribution in [2.24, 2.45) is 0 Å². The second-order valence-corrected chi connectivity index (χ2v) is 9.49. The van der Waals surface area contributed by atoms with Crippen LogP contribution in [0.15, 0.2) is 58.3 Å². The van der Waals surface area contributed by atoms with E-state index >= 15 is 0 Å². The molecule has 0 saturated carbocycles. The molecular formula is C21H26N2O3S2. The fourth-order valence-corrected chi connectivity index (χ4v) is 4.94. The molecule has 0 aliphatic carbocycles. The number of amides is 1. The molecule has 1 saturated heterocycles. The number of nitrogens with zero attached hydrogens (tertiary/aromatic N) is 1. The highest BCUT2D eigenvalue weighted by molar-refractivity contribution is 7.98. The Kier molecular flexibility index (Phi) is 7.15. The standard InChI is InChI=1S/C21H26N2O3S2/c1-27-20-12-11-18(28(25,26)22-16-17-9-5-4-6-10-17)15-19(20)21(24)23-13-7-2-3-8-14-23/h4-6,9-12,15,22H,2-3,7-8,13-14,16H2,1H3. The van der Waals surface area contributed by atoms with Gasteiger partial charge < -0.3 is 4.90 Å². The van der Waals surface area contributed by atoms with Crippen LogP contribution >= 0.6 is 11.8 Å². The van der Waals surface area contributed by atoms with Crippen LogP contribution in [0.5, 0.6) is 0 Å². The molecule has 1 aliphatic heterocycles. The first-order chi connectivity index (χ1) is 13.5. The van der Waals surface area contributed by atoms with Gasteiger partial charge in [-0.25, -0.2) is 13.1 Å². The third-order valence-corrected chi connectivity index (χ3v) is 7.11. The maximum atomic E-state index is 13.1. The van der Waals surface area contributed by atoms with Crippen LogP contribution in [-0.4, -0.2) is 38.6 Å². The molecular weight excluding hydrogens is 392 g/mol. The zero-order chi connectivity index (χ0) is 20.0. The van der Waals surface area contributed by atoms with Gasteiger partial charge in [0, 0.05) is 24.5 Å². The van der Waals surface area contributed by atoms with Gasteiger partial charge in [0.15, 0.2) is 0 Å². The molecule has 0 spiro atoms. The van der Waals surface area contributed by atoms with E-state index in [-0.39, 0.29) is 17.3 Å². The summed E-state index contributed by atoms with van der Waals surface area (Å²) in [6.07, 6.45) is 6.16. The van der Waals surface area contributed by atoms with E-state index < -0.39 is 10.0 Å². The second kappa shape index (κ2) is 9.58.